The van der Waals surface area contributed by atoms with Crippen molar-refractivity contribution in [3.63, 3.8) is 0 Å². The quantitative estimate of drug-likeness (QED) is 0.926. The van der Waals surface area contributed by atoms with Crippen LogP contribution in [-0.4, -0.2) is 37.0 Å². The summed E-state index contributed by atoms with van der Waals surface area (Å²) in [5, 5.41) is 4.28. The van der Waals surface area contributed by atoms with Gasteiger partial charge in [0.1, 0.15) is 11.4 Å². The number of likely N-dealkylation sites (tertiary alicyclic amines) is 1. The molecule has 122 valence electrons. The third-order valence-corrected chi connectivity index (χ3v) is 5.33. The fraction of sp³-hybridized carbons (Fsp3) is 0.500. The second-order valence-electron chi connectivity index (χ2n) is 6.71. The minimum absolute atomic E-state index is 0.143. The molecule has 5 heteroatoms. The highest BCUT2D eigenvalue weighted by atomic mass is 19.1. The van der Waals surface area contributed by atoms with Gasteiger partial charge in [-0.3, -0.25) is 4.79 Å². The van der Waals surface area contributed by atoms with Crippen molar-refractivity contribution in [2.45, 2.75) is 19.3 Å². The molecule has 1 aromatic carbocycles. The Morgan fingerprint density at radius 3 is 2.74 bits per heavy atom. The van der Waals surface area contributed by atoms with E-state index in [9.17, 15) is 9.18 Å². The van der Waals surface area contributed by atoms with E-state index in [0.717, 1.165) is 50.0 Å². The van der Waals surface area contributed by atoms with Gasteiger partial charge in [-0.05, 0) is 49.9 Å². The maximum absolute atomic E-state index is 13.2. The third kappa shape index (κ3) is 2.85. The maximum Gasteiger partial charge on any atom is 0.227 e. The van der Waals surface area contributed by atoms with Crippen molar-refractivity contribution >= 4 is 16.9 Å². The first-order valence-corrected chi connectivity index (χ1v) is 8.35. The van der Waals surface area contributed by atoms with Gasteiger partial charge in [-0.15, -0.1) is 0 Å². The van der Waals surface area contributed by atoms with Gasteiger partial charge in [-0.2, -0.15) is 0 Å². The summed E-state index contributed by atoms with van der Waals surface area (Å²) in [6.07, 6.45) is 4.08. The summed E-state index contributed by atoms with van der Waals surface area (Å²) in [4.78, 5) is 14.6. The van der Waals surface area contributed by atoms with Crippen LogP contribution in [0, 0.1) is 17.7 Å². The van der Waals surface area contributed by atoms with E-state index in [0.29, 0.717) is 23.8 Å². The van der Waals surface area contributed by atoms with Gasteiger partial charge < -0.3 is 14.6 Å². The van der Waals surface area contributed by atoms with Crippen molar-refractivity contribution in [1.29, 1.82) is 0 Å². The van der Waals surface area contributed by atoms with Gasteiger partial charge in [0.2, 0.25) is 5.91 Å². The summed E-state index contributed by atoms with van der Waals surface area (Å²) in [5.41, 5.74) is 1.35. The van der Waals surface area contributed by atoms with Crippen LogP contribution >= 0.6 is 0 Å². The van der Waals surface area contributed by atoms with Gasteiger partial charge in [0, 0.05) is 30.1 Å². The number of carbonyl (C=O) groups excluding carboxylic acids is 1. The van der Waals surface area contributed by atoms with Crippen molar-refractivity contribution in [3.8, 4) is 0 Å². The number of fused-ring (bicyclic) bond motifs is 2. The highest BCUT2D eigenvalue weighted by Crippen LogP contribution is 2.28. The van der Waals surface area contributed by atoms with Crippen molar-refractivity contribution < 1.29 is 13.6 Å². The minimum Gasteiger partial charge on any atom is -0.464 e. The van der Waals surface area contributed by atoms with E-state index in [2.05, 4.69) is 5.32 Å². The molecular formula is C18H21FN2O2. The Labute approximate surface area is 134 Å². The predicted molar refractivity (Wildman–Crippen MR) is 85.5 cm³/mol. The van der Waals surface area contributed by atoms with Crippen LogP contribution in [0.4, 0.5) is 4.39 Å². The fourth-order valence-corrected chi connectivity index (χ4v) is 3.94. The fourth-order valence-electron chi connectivity index (χ4n) is 3.94. The molecule has 2 fully saturated rings. The van der Waals surface area contributed by atoms with E-state index in [-0.39, 0.29) is 11.7 Å². The molecule has 2 saturated heterocycles. The molecule has 0 bridgehead atoms. The third-order valence-electron chi connectivity index (χ3n) is 5.33. The van der Waals surface area contributed by atoms with Gasteiger partial charge >= 0.3 is 0 Å². The molecular weight excluding hydrogens is 295 g/mol. The number of halogens is 1. The second-order valence-corrected chi connectivity index (χ2v) is 6.71. The van der Waals surface area contributed by atoms with Crippen molar-refractivity contribution in [2.75, 3.05) is 26.2 Å². The van der Waals surface area contributed by atoms with E-state index in [1.165, 1.54) is 12.1 Å². The molecule has 1 aromatic heterocycles. The Hall–Kier alpha value is -1.88. The molecule has 2 aliphatic heterocycles. The van der Waals surface area contributed by atoms with Gasteiger partial charge in [-0.1, -0.05) is 0 Å². The molecule has 0 spiro atoms. The molecule has 23 heavy (non-hydrogen) atoms. The molecule has 4 rings (SSSR count). The smallest absolute Gasteiger partial charge is 0.227 e. The van der Waals surface area contributed by atoms with E-state index >= 15 is 0 Å². The van der Waals surface area contributed by atoms with Crippen LogP contribution in [-0.2, 0) is 11.2 Å². The molecule has 0 saturated carbocycles. The Kier molecular flexibility index (Phi) is 3.81. The van der Waals surface area contributed by atoms with Crippen LogP contribution in [0.25, 0.3) is 11.0 Å². The number of hydrogen-bond donors (Lipinski definition) is 1. The van der Waals surface area contributed by atoms with Gasteiger partial charge in [0.25, 0.3) is 0 Å². The predicted octanol–water partition coefficient (Wildman–Crippen LogP) is 2.57. The molecule has 1 N–H and O–H groups in total. The summed E-state index contributed by atoms with van der Waals surface area (Å²) >= 11 is 0. The normalized spacial score (nSPS) is 24.7. The number of rotatable bonds is 2. The minimum atomic E-state index is -0.322. The topological polar surface area (TPSA) is 45.5 Å². The first-order valence-electron chi connectivity index (χ1n) is 8.35. The Morgan fingerprint density at radius 2 is 2.00 bits per heavy atom. The second kappa shape index (κ2) is 5.96. The molecule has 0 radical (unpaired) electrons. The summed E-state index contributed by atoms with van der Waals surface area (Å²) in [5.74, 6) is 1.25. The number of nitrogens with one attached hydrogen (secondary N) is 1. The number of furan rings is 1. The summed E-state index contributed by atoms with van der Waals surface area (Å²) in [6.45, 7) is 3.85. The van der Waals surface area contributed by atoms with Crippen LogP contribution in [0.2, 0.25) is 0 Å². The zero-order valence-electron chi connectivity index (χ0n) is 13.1. The van der Waals surface area contributed by atoms with Gasteiger partial charge in [0.05, 0.1) is 12.7 Å². The molecule has 4 nitrogen and oxygen atoms in total. The zero-order chi connectivity index (χ0) is 15.8. The maximum atomic E-state index is 13.2. The molecule has 1 amide bonds. The number of benzene rings is 1. The zero-order valence-corrected chi connectivity index (χ0v) is 13.1. The van der Waals surface area contributed by atoms with Crippen molar-refractivity contribution in [3.05, 3.63) is 35.8 Å². The van der Waals surface area contributed by atoms with Crippen LogP contribution in [0.5, 0.6) is 0 Å². The standard InChI is InChI=1S/C18H21FN2O2/c19-15-1-2-16-14(11-23-17(16)8-15)7-18(22)21-5-3-12-9-20-10-13(12)4-6-21/h1-2,8,11-13,20H,3-7,9-10H2/t12-,13+. The first kappa shape index (κ1) is 14.7. The molecule has 2 atom stereocenters. The average Bonchev–Trinajstić information content (AvgIpc) is 3.09. The molecule has 3 heterocycles. The van der Waals surface area contributed by atoms with E-state index < -0.39 is 0 Å². The first-order chi connectivity index (χ1) is 11.2. The summed E-state index contributed by atoms with van der Waals surface area (Å²) in [7, 11) is 0. The Balaban J connectivity index is 1.46. The van der Waals surface area contributed by atoms with Crippen molar-refractivity contribution in [2.24, 2.45) is 11.8 Å². The monoisotopic (exact) mass is 316 g/mol. The van der Waals surface area contributed by atoms with E-state index in [4.69, 9.17) is 4.42 Å². The van der Waals surface area contributed by atoms with Crippen LogP contribution in [0.15, 0.2) is 28.9 Å². The SMILES string of the molecule is O=C(Cc1coc2cc(F)ccc12)N1CC[C@@H]2CNC[C@@H]2CC1. The summed E-state index contributed by atoms with van der Waals surface area (Å²) < 4.78 is 18.6. The highest BCUT2D eigenvalue weighted by molar-refractivity contribution is 5.87. The molecule has 2 aromatic rings. The lowest BCUT2D eigenvalue weighted by Gasteiger charge is -2.20. The lowest BCUT2D eigenvalue weighted by molar-refractivity contribution is -0.130. The van der Waals surface area contributed by atoms with Crippen LogP contribution in [0.1, 0.15) is 18.4 Å². The van der Waals surface area contributed by atoms with E-state index in [1.807, 2.05) is 4.90 Å². The Bertz CT molecular complexity index is 713. The molecule has 2 aliphatic rings. The van der Waals surface area contributed by atoms with Gasteiger partial charge in [-0.25, -0.2) is 4.39 Å². The van der Waals surface area contributed by atoms with E-state index in [1.54, 1.807) is 12.3 Å². The Morgan fingerprint density at radius 1 is 1.26 bits per heavy atom. The van der Waals surface area contributed by atoms with Gasteiger partial charge in [0.15, 0.2) is 0 Å². The average molecular weight is 316 g/mol. The van der Waals surface area contributed by atoms with Crippen molar-refractivity contribution in [1.82, 2.24) is 10.2 Å². The number of carbonyl (C=O) groups is 1. The van der Waals surface area contributed by atoms with Crippen LogP contribution in [0.3, 0.4) is 0 Å². The summed E-state index contributed by atoms with van der Waals surface area (Å²) in [6, 6.07) is 4.46. The number of amides is 1. The molecule has 0 unspecified atom stereocenters. The lowest BCUT2D eigenvalue weighted by atomic mass is 9.92. The highest BCUT2D eigenvalue weighted by Gasteiger charge is 2.31. The number of nitrogens with zero attached hydrogens (tertiary/aromatic N) is 1. The van der Waals surface area contributed by atoms with Crippen LogP contribution < -0.4 is 5.32 Å². The number of hydrogen-bond acceptors (Lipinski definition) is 3. The lowest BCUT2D eigenvalue weighted by Crippen LogP contribution is -2.33. The largest absolute Gasteiger partial charge is 0.464 e. The molecule has 0 aliphatic carbocycles.